The number of halogens is 1. The Morgan fingerprint density at radius 2 is 2.20 bits per heavy atom. The van der Waals surface area contributed by atoms with Gasteiger partial charge in [0.25, 0.3) is 0 Å². The molecule has 0 aliphatic rings. The number of rotatable bonds is 2. The smallest absolute Gasteiger partial charge is 0.127 e. The van der Waals surface area contributed by atoms with Crippen molar-refractivity contribution in [2.75, 3.05) is 5.73 Å². The maximum Gasteiger partial charge on any atom is 0.127 e. The Hall–Kier alpha value is -1.84. The fourth-order valence-corrected chi connectivity index (χ4v) is 1.57. The molecule has 4 heteroatoms. The van der Waals surface area contributed by atoms with Gasteiger partial charge in [-0.25, -0.2) is 9.37 Å². The van der Waals surface area contributed by atoms with Crippen LogP contribution in [0, 0.1) is 5.82 Å². The van der Waals surface area contributed by atoms with Gasteiger partial charge in [-0.05, 0) is 18.2 Å². The monoisotopic (exact) mass is 205 g/mol. The van der Waals surface area contributed by atoms with Gasteiger partial charge in [0.2, 0.25) is 0 Å². The summed E-state index contributed by atoms with van der Waals surface area (Å²) in [7, 11) is 0. The normalized spacial score (nSPS) is 10.5. The van der Waals surface area contributed by atoms with Crippen molar-refractivity contribution in [3.63, 3.8) is 0 Å². The molecule has 1 heterocycles. The Kier molecular flexibility index (Phi) is 2.41. The van der Waals surface area contributed by atoms with Gasteiger partial charge in [-0.15, -0.1) is 0 Å². The fourth-order valence-electron chi connectivity index (χ4n) is 1.57. The van der Waals surface area contributed by atoms with Crippen molar-refractivity contribution >= 4 is 5.69 Å². The molecular weight excluding hydrogens is 193 g/mol. The van der Waals surface area contributed by atoms with Gasteiger partial charge in [0.1, 0.15) is 11.6 Å². The van der Waals surface area contributed by atoms with Gasteiger partial charge in [0, 0.05) is 24.5 Å². The van der Waals surface area contributed by atoms with Crippen molar-refractivity contribution in [3.05, 3.63) is 42.2 Å². The third kappa shape index (κ3) is 1.83. The average molecular weight is 205 g/mol. The van der Waals surface area contributed by atoms with Gasteiger partial charge in [-0.1, -0.05) is 6.92 Å². The molecule has 0 aliphatic carbocycles. The molecule has 0 fully saturated rings. The van der Waals surface area contributed by atoms with Gasteiger partial charge in [-0.2, -0.15) is 0 Å². The lowest BCUT2D eigenvalue weighted by atomic mass is 10.2. The minimum absolute atomic E-state index is 0.333. The van der Waals surface area contributed by atoms with Crippen LogP contribution in [-0.2, 0) is 6.42 Å². The van der Waals surface area contributed by atoms with Crippen LogP contribution in [0.2, 0.25) is 0 Å². The SMILES string of the molecule is CCc1nccn1-c1cc(N)cc(F)c1. The summed E-state index contributed by atoms with van der Waals surface area (Å²) in [5.74, 6) is 0.556. The topological polar surface area (TPSA) is 43.8 Å². The number of imidazole rings is 1. The molecule has 2 aromatic rings. The standard InChI is InChI=1S/C11H12FN3/c1-2-11-14-3-4-15(11)10-6-8(12)5-9(13)7-10/h3-7H,2,13H2,1H3. The Balaban J connectivity index is 2.53. The van der Waals surface area contributed by atoms with E-state index in [1.807, 2.05) is 11.5 Å². The van der Waals surface area contributed by atoms with E-state index in [9.17, 15) is 4.39 Å². The van der Waals surface area contributed by atoms with Crippen LogP contribution in [-0.4, -0.2) is 9.55 Å². The van der Waals surface area contributed by atoms with Crippen LogP contribution >= 0.6 is 0 Å². The van der Waals surface area contributed by atoms with Crippen molar-refractivity contribution < 1.29 is 4.39 Å². The number of nitrogens with zero attached hydrogens (tertiary/aromatic N) is 2. The number of hydrogen-bond acceptors (Lipinski definition) is 2. The lowest BCUT2D eigenvalue weighted by molar-refractivity contribution is 0.627. The molecule has 1 aromatic heterocycles. The number of aryl methyl sites for hydroxylation is 1. The molecule has 0 amide bonds. The van der Waals surface area contributed by atoms with Crippen molar-refractivity contribution in [2.24, 2.45) is 0 Å². The number of benzene rings is 1. The number of nitrogen functional groups attached to an aromatic ring is 1. The van der Waals surface area contributed by atoms with E-state index in [1.54, 1.807) is 18.5 Å². The van der Waals surface area contributed by atoms with Crippen molar-refractivity contribution in [1.29, 1.82) is 0 Å². The summed E-state index contributed by atoms with van der Waals surface area (Å²) in [6, 6.07) is 4.47. The highest BCUT2D eigenvalue weighted by atomic mass is 19.1. The van der Waals surface area contributed by atoms with E-state index in [4.69, 9.17) is 5.73 Å². The van der Waals surface area contributed by atoms with E-state index in [-0.39, 0.29) is 5.82 Å². The number of aromatic nitrogens is 2. The highest BCUT2D eigenvalue weighted by Crippen LogP contribution is 2.16. The third-order valence-electron chi connectivity index (χ3n) is 2.22. The molecule has 0 radical (unpaired) electrons. The summed E-state index contributed by atoms with van der Waals surface area (Å²) < 4.78 is 15.0. The molecular formula is C11H12FN3. The summed E-state index contributed by atoms with van der Waals surface area (Å²) in [6.07, 6.45) is 4.29. The fraction of sp³-hybridized carbons (Fsp3) is 0.182. The molecule has 2 N–H and O–H groups in total. The first-order valence-electron chi connectivity index (χ1n) is 4.79. The van der Waals surface area contributed by atoms with Crippen molar-refractivity contribution in [3.8, 4) is 5.69 Å². The van der Waals surface area contributed by atoms with Gasteiger partial charge in [-0.3, -0.25) is 0 Å². The predicted molar refractivity (Wildman–Crippen MR) is 57.3 cm³/mol. The highest BCUT2D eigenvalue weighted by molar-refractivity contribution is 5.48. The first-order chi connectivity index (χ1) is 7.20. The summed E-state index contributed by atoms with van der Waals surface area (Å²) in [5, 5.41) is 0. The van der Waals surface area contributed by atoms with Gasteiger partial charge in [0.15, 0.2) is 0 Å². The quantitative estimate of drug-likeness (QED) is 0.763. The van der Waals surface area contributed by atoms with Crippen molar-refractivity contribution in [1.82, 2.24) is 9.55 Å². The minimum Gasteiger partial charge on any atom is -0.399 e. The Morgan fingerprint density at radius 3 is 2.87 bits per heavy atom. The second-order valence-electron chi connectivity index (χ2n) is 3.31. The largest absolute Gasteiger partial charge is 0.399 e. The van der Waals surface area contributed by atoms with E-state index >= 15 is 0 Å². The molecule has 0 aliphatic heterocycles. The zero-order valence-electron chi connectivity index (χ0n) is 8.44. The summed E-state index contributed by atoms with van der Waals surface area (Å²) in [4.78, 5) is 4.17. The molecule has 15 heavy (non-hydrogen) atoms. The van der Waals surface area contributed by atoms with Gasteiger partial charge >= 0.3 is 0 Å². The minimum atomic E-state index is -0.333. The second-order valence-corrected chi connectivity index (χ2v) is 3.31. The Morgan fingerprint density at radius 1 is 1.40 bits per heavy atom. The van der Waals surface area contributed by atoms with Crippen LogP contribution in [0.15, 0.2) is 30.6 Å². The van der Waals surface area contributed by atoms with Crippen LogP contribution in [0.3, 0.4) is 0 Å². The Bertz CT molecular complexity index is 456. The average Bonchev–Trinajstić information content (AvgIpc) is 2.63. The predicted octanol–water partition coefficient (Wildman–Crippen LogP) is 2.16. The van der Waals surface area contributed by atoms with E-state index in [0.29, 0.717) is 11.4 Å². The van der Waals surface area contributed by atoms with Crippen LogP contribution in [0.25, 0.3) is 5.69 Å². The maximum atomic E-state index is 13.1. The molecule has 0 bridgehead atoms. The van der Waals surface area contributed by atoms with E-state index < -0.39 is 0 Å². The molecule has 1 aromatic carbocycles. The highest BCUT2D eigenvalue weighted by Gasteiger charge is 2.04. The zero-order chi connectivity index (χ0) is 10.8. The van der Waals surface area contributed by atoms with Gasteiger partial charge in [0.05, 0.1) is 5.69 Å². The third-order valence-corrected chi connectivity index (χ3v) is 2.22. The van der Waals surface area contributed by atoms with Gasteiger partial charge < -0.3 is 10.3 Å². The number of nitrogens with two attached hydrogens (primary N) is 1. The molecule has 2 rings (SSSR count). The second kappa shape index (κ2) is 3.73. The van der Waals surface area contributed by atoms with Crippen LogP contribution in [0.1, 0.15) is 12.7 Å². The summed E-state index contributed by atoms with van der Waals surface area (Å²) >= 11 is 0. The molecule has 0 atom stereocenters. The molecule has 0 unspecified atom stereocenters. The lowest BCUT2D eigenvalue weighted by Gasteiger charge is -2.07. The van der Waals surface area contributed by atoms with E-state index in [1.165, 1.54) is 12.1 Å². The molecule has 0 saturated heterocycles. The zero-order valence-corrected chi connectivity index (χ0v) is 8.44. The Labute approximate surface area is 87.4 Å². The number of anilines is 1. The van der Waals surface area contributed by atoms with Crippen LogP contribution in [0.4, 0.5) is 10.1 Å². The molecule has 78 valence electrons. The number of hydrogen-bond donors (Lipinski definition) is 1. The van der Waals surface area contributed by atoms with E-state index in [0.717, 1.165) is 12.2 Å². The van der Waals surface area contributed by atoms with Crippen molar-refractivity contribution in [2.45, 2.75) is 13.3 Å². The maximum absolute atomic E-state index is 13.1. The lowest BCUT2D eigenvalue weighted by Crippen LogP contribution is -2.00. The molecule has 0 spiro atoms. The first kappa shape index (κ1) is 9.71. The summed E-state index contributed by atoms with van der Waals surface area (Å²) in [6.45, 7) is 2.00. The van der Waals surface area contributed by atoms with Crippen LogP contribution < -0.4 is 5.73 Å². The van der Waals surface area contributed by atoms with E-state index in [2.05, 4.69) is 4.98 Å². The first-order valence-corrected chi connectivity index (χ1v) is 4.79. The molecule has 0 saturated carbocycles. The summed E-state index contributed by atoms with van der Waals surface area (Å²) in [5.41, 5.74) is 6.71. The molecule has 3 nitrogen and oxygen atoms in total. The van der Waals surface area contributed by atoms with Crippen LogP contribution in [0.5, 0.6) is 0 Å².